The molecule has 2 aromatic carbocycles. The van der Waals surface area contributed by atoms with E-state index in [1.54, 1.807) is 11.5 Å². The number of fused-ring (bicyclic) bond motifs is 1. The minimum atomic E-state index is -0.770. The maximum absolute atomic E-state index is 10.6. The Morgan fingerprint density at radius 1 is 1.07 bits per heavy atom. The van der Waals surface area contributed by atoms with Crippen LogP contribution in [-0.2, 0) is 11.2 Å². The lowest BCUT2D eigenvalue weighted by Gasteiger charge is -2.34. The summed E-state index contributed by atoms with van der Waals surface area (Å²) >= 11 is 1.57. The van der Waals surface area contributed by atoms with E-state index in [9.17, 15) is 4.79 Å². The molecule has 1 fully saturated rings. The number of nitrogens with zero attached hydrogens (tertiary/aromatic N) is 3. The van der Waals surface area contributed by atoms with Gasteiger partial charge in [0.2, 0.25) is 0 Å². The molecule has 0 bridgehead atoms. The highest BCUT2D eigenvalue weighted by molar-refractivity contribution is 7.13. The normalized spacial score (nSPS) is 15.0. The van der Waals surface area contributed by atoms with Crippen LogP contribution in [-0.4, -0.2) is 59.7 Å². The highest BCUT2D eigenvalue weighted by Gasteiger charge is 2.20. The van der Waals surface area contributed by atoms with E-state index in [2.05, 4.69) is 38.4 Å². The largest absolute Gasteiger partial charge is 0.492 e. The van der Waals surface area contributed by atoms with Gasteiger partial charge in [0, 0.05) is 44.5 Å². The van der Waals surface area contributed by atoms with Crippen molar-refractivity contribution in [2.24, 2.45) is 0 Å². The van der Waals surface area contributed by atoms with E-state index in [4.69, 9.17) is 9.84 Å². The van der Waals surface area contributed by atoms with E-state index >= 15 is 0 Å². The van der Waals surface area contributed by atoms with Gasteiger partial charge in [-0.1, -0.05) is 24.3 Å². The van der Waals surface area contributed by atoms with Gasteiger partial charge in [-0.3, -0.25) is 9.69 Å². The van der Waals surface area contributed by atoms with Gasteiger partial charge in [-0.25, -0.2) is 0 Å². The van der Waals surface area contributed by atoms with E-state index in [0.717, 1.165) is 49.9 Å². The molecule has 4 rings (SSSR count). The minimum Gasteiger partial charge on any atom is -0.492 e. The van der Waals surface area contributed by atoms with Crippen LogP contribution in [0, 0.1) is 0 Å². The molecular formula is C22H25N3O3S. The SMILES string of the molecule is O=C(O)CCc1ccc(OCCN2CCN(c3nsc4ccccc34)CC2)cc1. The number of carboxylic acid groups (broad SMARTS) is 1. The van der Waals surface area contributed by atoms with Gasteiger partial charge < -0.3 is 14.7 Å². The first-order valence-electron chi connectivity index (χ1n) is 9.94. The Morgan fingerprint density at radius 3 is 2.59 bits per heavy atom. The van der Waals surface area contributed by atoms with E-state index < -0.39 is 5.97 Å². The number of anilines is 1. The van der Waals surface area contributed by atoms with Crippen LogP contribution < -0.4 is 9.64 Å². The molecule has 0 unspecified atom stereocenters. The van der Waals surface area contributed by atoms with Gasteiger partial charge in [-0.2, -0.15) is 4.37 Å². The first-order valence-corrected chi connectivity index (χ1v) is 10.7. The number of aryl methyl sites for hydroxylation is 1. The molecule has 0 radical (unpaired) electrons. The molecule has 1 aliphatic heterocycles. The van der Waals surface area contributed by atoms with E-state index in [1.165, 1.54) is 10.1 Å². The van der Waals surface area contributed by atoms with Crippen molar-refractivity contribution in [3.05, 3.63) is 54.1 Å². The van der Waals surface area contributed by atoms with Crippen molar-refractivity contribution in [2.75, 3.05) is 44.2 Å². The molecule has 0 aliphatic carbocycles. The maximum Gasteiger partial charge on any atom is 0.303 e. The number of benzene rings is 2. The summed E-state index contributed by atoms with van der Waals surface area (Å²) in [5, 5.41) is 10.0. The van der Waals surface area contributed by atoms with Crippen molar-refractivity contribution < 1.29 is 14.6 Å². The van der Waals surface area contributed by atoms with Gasteiger partial charge in [0.15, 0.2) is 0 Å². The Hall–Kier alpha value is -2.64. The molecule has 1 N–H and O–H groups in total. The molecule has 0 spiro atoms. The Bertz CT molecular complexity index is 949. The van der Waals surface area contributed by atoms with Crippen molar-refractivity contribution in [1.82, 2.24) is 9.27 Å². The zero-order valence-corrected chi connectivity index (χ0v) is 17.1. The third kappa shape index (κ3) is 5.05. The topological polar surface area (TPSA) is 65.9 Å². The van der Waals surface area contributed by atoms with Crippen LogP contribution in [0.5, 0.6) is 5.75 Å². The number of ether oxygens (including phenoxy) is 1. The van der Waals surface area contributed by atoms with Crippen LogP contribution >= 0.6 is 11.5 Å². The van der Waals surface area contributed by atoms with Gasteiger partial charge >= 0.3 is 5.97 Å². The minimum absolute atomic E-state index is 0.156. The molecule has 6 nitrogen and oxygen atoms in total. The van der Waals surface area contributed by atoms with E-state index in [0.29, 0.717) is 13.0 Å². The van der Waals surface area contributed by atoms with Gasteiger partial charge in [0.1, 0.15) is 18.2 Å². The molecule has 0 atom stereocenters. The predicted molar refractivity (Wildman–Crippen MR) is 116 cm³/mol. The van der Waals surface area contributed by atoms with Crippen molar-refractivity contribution in [2.45, 2.75) is 12.8 Å². The average Bonchev–Trinajstić information content (AvgIpc) is 3.18. The van der Waals surface area contributed by atoms with E-state index in [1.807, 2.05) is 24.3 Å². The standard InChI is InChI=1S/C22H25N3O3S/c26-21(27)10-7-17-5-8-18(9-6-17)28-16-15-24-11-13-25(14-12-24)22-19-3-1-2-4-20(19)29-23-22/h1-6,8-9H,7,10-16H2,(H,26,27). The summed E-state index contributed by atoms with van der Waals surface area (Å²) < 4.78 is 11.8. The van der Waals surface area contributed by atoms with Crippen molar-refractivity contribution in [3.63, 3.8) is 0 Å². The van der Waals surface area contributed by atoms with Crippen LogP contribution in [0.25, 0.3) is 10.1 Å². The molecule has 1 saturated heterocycles. The molecule has 152 valence electrons. The van der Waals surface area contributed by atoms with Gasteiger partial charge in [0.25, 0.3) is 0 Å². The smallest absolute Gasteiger partial charge is 0.303 e. The molecule has 0 saturated carbocycles. The van der Waals surface area contributed by atoms with Crippen molar-refractivity contribution in [3.8, 4) is 5.75 Å². The fourth-order valence-electron chi connectivity index (χ4n) is 3.58. The van der Waals surface area contributed by atoms with E-state index in [-0.39, 0.29) is 6.42 Å². The second-order valence-corrected chi connectivity index (χ2v) is 8.02. The molecule has 1 aliphatic rings. The van der Waals surface area contributed by atoms with Crippen LogP contribution in [0.15, 0.2) is 48.5 Å². The lowest BCUT2D eigenvalue weighted by molar-refractivity contribution is -0.136. The first-order chi connectivity index (χ1) is 14.2. The first kappa shape index (κ1) is 19.7. The quantitative estimate of drug-likeness (QED) is 0.612. The molecule has 2 heterocycles. The monoisotopic (exact) mass is 411 g/mol. The van der Waals surface area contributed by atoms with Crippen molar-refractivity contribution >= 4 is 33.4 Å². The Kier molecular flexibility index (Phi) is 6.27. The highest BCUT2D eigenvalue weighted by atomic mass is 32.1. The van der Waals surface area contributed by atoms with Crippen LogP contribution in [0.4, 0.5) is 5.82 Å². The third-order valence-electron chi connectivity index (χ3n) is 5.26. The average molecular weight is 412 g/mol. The van der Waals surface area contributed by atoms with Crippen molar-refractivity contribution in [1.29, 1.82) is 0 Å². The zero-order valence-electron chi connectivity index (χ0n) is 16.3. The van der Waals surface area contributed by atoms with Crippen LogP contribution in [0.1, 0.15) is 12.0 Å². The third-order valence-corrected chi connectivity index (χ3v) is 6.07. The number of aromatic nitrogens is 1. The fourth-order valence-corrected chi connectivity index (χ4v) is 4.38. The van der Waals surface area contributed by atoms with Gasteiger partial charge in [-0.15, -0.1) is 0 Å². The fraction of sp³-hybridized carbons (Fsp3) is 0.364. The summed E-state index contributed by atoms with van der Waals surface area (Å²) in [6.45, 7) is 5.51. The lowest BCUT2D eigenvalue weighted by Crippen LogP contribution is -2.47. The van der Waals surface area contributed by atoms with Crippen LogP contribution in [0.2, 0.25) is 0 Å². The molecule has 29 heavy (non-hydrogen) atoms. The maximum atomic E-state index is 10.6. The second-order valence-electron chi connectivity index (χ2n) is 7.22. The molecule has 7 heteroatoms. The number of hydrogen-bond acceptors (Lipinski definition) is 6. The molecule has 0 amide bonds. The second kappa shape index (κ2) is 9.24. The Labute approximate surface area is 174 Å². The molecule has 3 aromatic rings. The summed E-state index contributed by atoms with van der Waals surface area (Å²) in [5.41, 5.74) is 1.02. The molecule has 1 aromatic heterocycles. The lowest BCUT2D eigenvalue weighted by atomic mass is 10.1. The summed E-state index contributed by atoms with van der Waals surface area (Å²) in [5.74, 6) is 1.18. The van der Waals surface area contributed by atoms with Gasteiger partial charge in [-0.05, 0) is 47.8 Å². The highest BCUT2D eigenvalue weighted by Crippen LogP contribution is 2.29. The Morgan fingerprint density at radius 2 is 1.83 bits per heavy atom. The van der Waals surface area contributed by atoms with Gasteiger partial charge in [0.05, 0.1) is 4.70 Å². The number of carbonyl (C=O) groups is 1. The summed E-state index contributed by atoms with van der Waals surface area (Å²) in [6, 6.07) is 16.1. The summed E-state index contributed by atoms with van der Waals surface area (Å²) in [6.07, 6.45) is 0.705. The summed E-state index contributed by atoms with van der Waals surface area (Å²) in [4.78, 5) is 15.4. The predicted octanol–water partition coefficient (Wildman–Crippen LogP) is 3.51. The number of rotatable bonds is 8. The Balaban J connectivity index is 1.21. The number of hydrogen-bond donors (Lipinski definition) is 1. The van der Waals surface area contributed by atoms with Crippen LogP contribution in [0.3, 0.4) is 0 Å². The zero-order chi connectivity index (χ0) is 20.1. The number of piperazine rings is 1. The number of aliphatic carboxylic acids is 1. The number of carboxylic acids is 1. The summed E-state index contributed by atoms with van der Waals surface area (Å²) in [7, 11) is 0. The molecular weight excluding hydrogens is 386 g/mol.